The van der Waals surface area contributed by atoms with E-state index in [0.29, 0.717) is 23.8 Å². The van der Waals surface area contributed by atoms with Gasteiger partial charge in [-0.2, -0.15) is 0 Å². The molecule has 1 aromatic heterocycles. The standard InChI is InChI=1S/C18H21N3O2S/c1-12-8-13(2)10-15(9-12)17(23)21-6-3-4-14(11-21)16(22)20-18-19-5-7-24-18/h5,7-10,14H,3-4,6,11H2,1-2H3,(H,19,20,22). The van der Waals surface area contributed by atoms with E-state index in [1.54, 1.807) is 11.1 Å². The van der Waals surface area contributed by atoms with Crippen molar-refractivity contribution in [1.82, 2.24) is 9.88 Å². The highest BCUT2D eigenvalue weighted by Gasteiger charge is 2.29. The molecule has 3 rings (SSSR count). The van der Waals surface area contributed by atoms with Crippen LogP contribution in [0.5, 0.6) is 0 Å². The van der Waals surface area contributed by atoms with Crippen molar-refractivity contribution < 1.29 is 9.59 Å². The van der Waals surface area contributed by atoms with Crippen molar-refractivity contribution in [3.8, 4) is 0 Å². The van der Waals surface area contributed by atoms with Gasteiger partial charge in [0, 0.05) is 30.2 Å². The Morgan fingerprint density at radius 2 is 2.00 bits per heavy atom. The molecule has 1 fully saturated rings. The van der Waals surface area contributed by atoms with Crippen molar-refractivity contribution >= 4 is 28.3 Å². The topological polar surface area (TPSA) is 62.3 Å². The zero-order chi connectivity index (χ0) is 17.1. The van der Waals surface area contributed by atoms with Crippen molar-refractivity contribution in [2.75, 3.05) is 18.4 Å². The van der Waals surface area contributed by atoms with Crippen molar-refractivity contribution in [3.05, 3.63) is 46.5 Å². The molecule has 0 bridgehead atoms. The molecule has 1 saturated heterocycles. The summed E-state index contributed by atoms with van der Waals surface area (Å²) in [5.74, 6) is -0.228. The van der Waals surface area contributed by atoms with E-state index in [1.807, 2.05) is 31.4 Å². The van der Waals surface area contributed by atoms with E-state index in [9.17, 15) is 9.59 Å². The molecule has 2 aromatic rings. The molecule has 126 valence electrons. The van der Waals surface area contributed by atoms with E-state index in [-0.39, 0.29) is 17.7 Å². The van der Waals surface area contributed by atoms with Crippen LogP contribution in [0.4, 0.5) is 5.13 Å². The lowest BCUT2D eigenvalue weighted by atomic mass is 9.96. The van der Waals surface area contributed by atoms with Crippen LogP contribution in [0, 0.1) is 19.8 Å². The number of carbonyl (C=O) groups is 2. The number of hydrogen-bond donors (Lipinski definition) is 1. The van der Waals surface area contributed by atoms with Crippen LogP contribution in [0.15, 0.2) is 29.8 Å². The summed E-state index contributed by atoms with van der Waals surface area (Å²) in [5.41, 5.74) is 2.86. The van der Waals surface area contributed by atoms with Gasteiger partial charge in [-0.1, -0.05) is 17.2 Å². The second-order valence-corrected chi connectivity index (χ2v) is 7.19. The number of amides is 2. The Kier molecular flexibility index (Phi) is 4.94. The first-order valence-electron chi connectivity index (χ1n) is 8.11. The van der Waals surface area contributed by atoms with E-state index in [1.165, 1.54) is 11.3 Å². The molecule has 2 amide bonds. The number of nitrogens with zero attached hydrogens (tertiary/aromatic N) is 2. The number of thiazole rings is 1. The lowest BCUT2D eigenvalue weighted by Crippen LogP contribution is -2.43. The highest BCUT2D eigenvalue weighted by atomic mass is 32.1. The molecule has 1 aliphatic heterocycles. The lowest BCUT2D eigenvalue weighted by Gasteiger charge is -2.32. The fraction of sp³-hybridized carbons (Fsp3) is 0.389. The fourth-order valence-corrected chi connectivity index (χ4v) is 3.68. The molecule has 24 heavy (non-hydrogen) atoms. The van der Waals surface area contributed by atoms with Crippen LogP contribution in [0.2, 0.25) is 0 Å². The summed E-state index contributed by atoms with van der Waals surface area (Å²) in [4.78, 5) is 31.0. The lowest BCUT2D eigenvalue weighted by molar-refractivity contribution is -0.121. The Balaban J connectivity index is 1.68. The first-order valence-corrected chi connectivity index (χ1v) is 8.99. The molecule has 1 N–H and O–H groups in total. The molecule has 6 heteroatoms. The number of likely N-dealkylation sites (tertiary alicyclic amines) is 1. The normalized spacial score (nSPS) is 17.6. The Hall–Kier alpha value is -2.21. The fourth-order valence-electron chi connectivity index (χ4n) is 3.15. The first kappa shape index (κ1) is 16.6. The van der Waals surface area contributed by atoms with Crippen LogP contribution >= 0.6 is 11.3 Å². The van der Waals surface area contributed by atoms with Gasteiger partial charge >= 0.3 is 0 Å². The van der Waals surface area contributed by atoms with Gasteiger partial charge in [-0.05, 0) is 38.8 Å². The Morgan fingerprint density at radius 3 is 2.67 bits per heavy atom. The number of hydrogen-bond acceptors (Lipinski definition) is 4. The third-order valence-electron chi connectivity index (χ3n) is 4.21. The van der Waals surface area contributed by atoms with Gasteiger partial charge in [-0.3, -0.25) is 9.59 Å². The molecule has 1 aromatic carbocycles. The van der Waals surface area contributed by atoms with E-state index in [0.717, 1.165) is 24.0 Å². The summed E-state index contributed by atoms with van der Waals surface area (Å²) in [7, 11) is 0. The summed E-state index contributed by atoms with van der Waals surface area (Å²) in [5, 5.41) is 5.27. The molecule has 0 spiro atoms. The Bertz CT molecular complexity index is 722. The predicted octanol–water partition coefficient (Wildman–Crippen LogP) is 3.25. The van der Waals surface area contributed by atoms with Gasteiger partial charge in [0.05, 0.1) is 5.92 Å². The number of aromatic nitrogens is 1. The molecule has 1 atom stereocenters. The van der Waals surface area contributed by atoms with Crippen molar-refractivity contribution in [2.45, 2.75) is 26.7 Å². The van der Waals surface area contributed by atoms with Gasteiger partial charge in [0.25, 0.3) is 5.91 Å². The molecular weight excluding hydrogens is 322 g/mol. The minimum atomic E-state index is -0.183. The third-order valence-corrected chi connectivity index (χ3v) is 4.90. The number of aryl methyl sites for hydroxylation is 2. The average molecular weight is 343 g/mol. The van der Waals surface area contributed by atoms with Crippen LogP contribution in [0.1, 0.15) is 34.3 Å². The van der Waals surface area contributed by atoms with Crippen LogP contribution in [0.3, 0.4) is 0 Å². The van der Waals surface area contributed by atoms with Crippen molar-refractivity contribution in [2.24, 2.45) is 5.92 Å². The number of piperidine rings is 1. The largest absolute Gasteiger partial charge is 0.338 e. The SMILES string of the molecule is Cc1cc(C)cc(C(=O)N2CCCC(C(=O)Nc3nccs3)C2)c1. The minimum absolute atomic E-state index is 0.00792. The maximum Gasteiger partial charge on any atom is 0.253 e. The highest BCUT2D eigenvalue weighted by Crippen LogP contribution is 2.22. The third kappa shape index (κ3) is 3.82. The van der Waals surface area contributed by atoms with Gasteiger partial charge in [0.1, 0.15) is 0 Å². The van der Waals surface area contributed by atoms with E-state index >= 15 is 0 Å². The predicted molar refractivity (Wildman–Crippen MR) is 95.3 cm³/mol. The Labute approximate surface area is 145 Å². The molecule has 1 aliphatic rings. The zero-order valence-corrected chi connectivity index (χ0v) is 14.7. The first-order chi connectivity index (χ1) is 11.5. The summed E-state index contributed by atoms with van der Waals surface area (Å²) in [6, 6.07) is 5.88. The molecule has 1 unspecified atom stereocenters. The maximum absolute atomic E-state index is 12.8. The maximum atomic E-state index is 12.8. The molecule has 0 radical (unpaired) electrons. The van der Waals surface area contributed by atoms with E-state index in [2.05, 4.69) is 16.4 Å². The van der Waals surface area contributed by atoms with Gasteiger partial charge < -0.3 is 10.2 Å². The van der Waals surface area contributed by atoms with Crippen LogP contribution < -0.4 is 5.32 Å². The minimum Gasteiger partial charge on any atom is -0.338 e. The average Bonchev–Trinajstić information content (AvgIpc) is 3.06. The second kappa shape index (κ2) is 7.13. The van der Waals surface area contributed by atoms with E-state index < -0.39 is 0 Å². The van der Waals surface area contributed by atoms with Gasteiger partial charge in [0.15, 0.2) is 5.13 Å². The number of nitrogens with one attached hydrogen (secondary N) is 1. The van der Waals surface area contributed by atoms with Crippen LogP contribution in [-0.2, 0) is 4.79 Å². The van der Waals surface area contributed by atoms with Gasteiger partial charge in [0.2, 0.25) is 5.91 Å². The van der Waals surface area contributed by atoms with Crippen LogP contribution in [0.25, 0.3) is 0 Å². The van der Waals surface area contributed by atoms with Gasteiger partial charge in [-0.25, -0.2) is 4.98 Å². The quantitative estimate of drug-likeness (QED) is 0.930. The molecule has 2 heterocycles. The number of benzene rings is 1. The molecule has 5 nitrogen and oxygen atoms in total. The highest BCUT2D eigenvalue weighted by molar-refractivity contribution is 7.13. The molecule has 0 aliphatic carbocycles. The number of rotatable bonds is 3. The number of carbonyl (C=O) groups excluding carboxylic acids is 2. The van der Waals surface area contributed by atoms with Crippen LogP contribution in [-0.4, -0.2) is 34.8 Å². The van der Waals surface area contributed by atoms with E-state index in [4.69, 9.17) is 0 Å². The second-order valence-electron chi connectivity index (χ2n) is 6.29. The summed E-state index contributed by atoms with van der Waals surface area (Å²) < 4.78 is 0. The summed E-state index contributed by atoms with van der Waals surface area (Å²) >= 11 is 1.40. The zero-order valence-electron chi connectivity index (χ0n) is 13.9. The van der Waals surface area contributed by atoms with Gasteiger partial charge in [-0.15, -0.1) is 11.3 Å². The monoisotopic (exact) mass is 343 g/mol. The Morgan fingerprint density at radius 1 is 1.25 bits per heavy atom. The summed E-state index contributed by atoms with van der Waals surface area (Å²) in [6.45, 7) is 5.14. The summed E-state index contributed by atoms with van der Waals surface area (Å²) in [6.07, 6.45) is 3.30. The smallest absolute Gasteiger partial charge is 0.253 e. The number of anilines is 1. The van der Waals surface area contributed by atoms with Crippen molar-refractivity contribution in [3.63, 3.8) is 0 Å². The molecular formula is C18H21N3O2S. The van der Waals surface area contributed by atoms with Crippen molar-refractivity contribution in [1.29, 1.82) is 0 Å². The molecule has 0 saturated carbocycles.